The average Bonchev–Trinajstić information content (AvgIpc) is 2.51. The number of carbonyl (C=O) groups excluding carboxylic acids is 2. The van der Waals surface area contributed by atoms with Crippen LogP contribution in [0.2, 0.25) is 10.0 Å². The van der Waals surface area contributed by atoms with Crippen molar-refractivity contribution in [1.82, 2.24) is 4.98 Å². The van der Waals surface area contributed by atoms with Crippen molar-refractivity contribution in [3.63, 3.8) is 0 Å². The minimum absolute atomic E-state index is 0.0268. The van der Waals surface area contributed by atoms with Gasteiger partial charge in [0.15, 0.2) is 6.61 Å². The second kappa shape index (κ2) is 7.89. The number of hydrogen-bond donors (Lipinski definition) is 1. The number of amides is 1. The molecule has 0 spiro atoms. The molecule has 0 saturated carbocycles. The number of halogens is 3. The van der Waals surface area contributed by atoms with Crippen molar-refractivity contribution in [1.29, 1.82) is 0 Å². The Hall–Kier alpha value is -2.18. The Balaban J connectivity index is 1.84. The number of pyridine rings is 1. The minimum Gasteiger partial charge on any atom is -0.455 e. The first-order valence-electron chi connectivity index (χ1n) is 6.45. The third kappa shape index (κ3) is 5.19. The quantitative estimate of drug-likeness (QED) is 0.835. The van der Waals surface area contributed by atoms with Crippen LogP contribution in [0.4, 0.5) is 10.2 Å². The second-order valence-electron chi connectivity index (χ2n) is 4.45. The van der Waals surface area contributed by atoms with Crippen molar-refractivity contribution in [3.8, 4) is 0 Å². The molecule has 0 atom stereocenters. The molecule has 8 heteroatoms. The van der Waals surface area contributed by atoms with E-state index in [1.54, 1.807) is 6.07 Å². The standard InChI is InChI=1S/C15H11Cl2FN2O3/c16-9-4-5-13(19-7-9)20-14(21)8-23-15(22)6-10-11(17)2-1-3-12(10)18/h1-5,7H,6,8H2,(H,19,20,21). The number of anilines is 1. The fraction of sp³-hybridized carbons (Fsp3) is 0.133. The first-order valence-corrected chi connectivity index (χ1v) is 7.21. The zero-order chi connectivity index (χ0) is 16.8. The molecule has 5 nitrogen and oxygen atoms in total. The number of carbonyl (C=O) groups is 2. The smallest absolute Gasteiger partial charge is 0.310 e. The summed E-state index contributed by atoms with van der Waals surface area (Å²) in [4.78, 5) is 27.1. The van der Waals surface area contributed by atoms with Crippen LogP contribution >= 0.6 is 23.2 Å². The van der Waals surface area contributed by atoms with E-state index >= 15 is 0 Å². The monoisotopic (exact) mass is 356 g/mol. The Morgan fingerprint density at radius 2 is 2.00 bits per heavy atom. The Morgan fingerprint density at radius 3 is 2.65 bits per heavy atom. The molecule has 0 fully saturated rings. The Bertz CT molecular complexity index is 703. The van der Waals surface area contributed by atoms with Crippen LogP contribution in [0.1, 0.15) is 5.56 Å². The summed E-state index contributed by atoms with van der Waals surface area (Å²) in [6.45, 7) is -0.519. The van der Waals surface area contributed by atoms with Gasteiger partial charge in [0.25, 0.3) is 5.91 Å². The molecule has 1 amide bonds. The predicted molar refractivity (Wildman–Crippen MR) is 83.9 cm³/mol. The SMILES string of the molecule is O=C(COC(=O)Cc1c(F)cccc1Cl)Nc1ccc(Cl)cn1. The van der Waals surface area contributed by atoms with Gasteiger partial charge >= 0.3 is 5.97 Å². The Kier molecular flexibility index (Phi) is 5.90. The van der Waals surface area contributed by atoms with Crippen LogP contribution in [0, 0.1) is 5.82 Å². The van der Waals surface area contributed by atoms with Crippen molar-refractivity contribution >= 4 is 40.9 Å². The molecular formula is C15H11Cl2FN2O3. The largest absolute Gasteiger partial charge is 0.455 e. The molecule has 1 aromatic carbocycles. The molecule has 0 aliphatic rings. The van der Waals surface area contributed by atoms with Crippen molar-refractivity contribution < 1.29 is 18.7 Å². The number of ether oxygens (including phenoxy) is 1. The highest BCUT2D eigenvalue weighted by Gasteiger charge is 2.14. The third-order valence-corrected chi connectivity index (χ3v) is 3.32. The highest BCUT2D eigenvalue weighted by Crippen LogP contribution is 2.19. The van der Waals surface area contributed by atoms with E-state index in [4.69, 9.17) is 27.9 Å². The maximum Gasteiger partial charge on any atom is 0.310 e. The number of nitrogens with zero attached hydrogens (tertiary/aromatic N) is 1. The lowest BCUT2D eigenvalue weighted by molar-refractivity contribution is -0.146. The van der Waals surface area contributed by atoms with E-state index in [1.165, 1.54) is 30.5 Å². The fourth-order valence-electron chi connectivity index (χ4n) is 1.67. The molecule has 1 N–H and O–H groups in total. The summed E-state index contributed by atoms with van der Waals surface area (Å²) in [7, 11) is 0. The van der Waals surface area contributed by atoms with Gasteiger partial charge in [-0.15, -0.1) is 0 Å². The molecule has 0 bridgehead atoms. The molecule has 1 heterocycles. The van der Waals surface area contributed by atoms with E-state index in [2.05, 4.69) is 10.3 Å². The summed E-state index contributed by atoms with van der Waals surface area (Å²) in [5, 5.41) is 2.97. The van der Waals surface area contributed by atoms with E-state index in [0.29, 0.717) is 5.02 Å². The summed E-state index contributed by atoms with van der Waals surface area (Å²) in [6, 6.07) is 7.14. The van der Waals surface area contributed by atoms with Crippen molar-refractivity contribution in [2.75, 3.05) is 11.9 Å². The van der Waals surface area contributed by atoms with E-state index in [-0.39, 0.29) is 22.8 Å². The maximum absolute atomic E-state index is 13.5. The number of benzene rings is 1. The minimum atomic E-state index is -0.767. The zero-order valence-corrected chi connectivity index (χ0v) is 13.2. The molecule has 1 aromatic heterocycles. The van der Waals surface area contributed by atoms with Gasteiger partial charge in [0.2, 0.25) is 0 Å². The summed E-state index contributed by atoms with van der Waals surface area (Å²) >= 11 is 11.5. The number of nitrogens with one attached hydrogen (secondary N) is 1. The predicted octanol–water partition coefficient (Wildman–Crippen LogP) is 3.25. The number of rotatable bonds is 5. The summed E-state index contributed by atoms with van der Waals surface area (Å²) < 4.78 is 18.3. The van der Waals surface area contributed by atoms with Crippen LogP contribution in [0.15, 0.2) is 36.5 Å². The summed E-state index contributed by atoms with van der Waals surface area (Å²) in [5.41, 5.74) is 0.0268. The molecule has 0 saturated heterocycles. The van der Waals surface area contributed by atoms with Gasteiger partial charge in [-0.05, 0) is 24.3 Å². The van der Waals surface area contributed by atoms with Crippen LogP contribution in [0.3, 0.4) is 0 Å². The van der Waals surface area contributed by atoms with Crippen LogP contribution in [0.5, 0.6) is 0 Å². The second-order valence-corrected chi connectivity index (χ2v) is 5.29. The molecule has 120 valence electrons. The molecule has 0 unspecified atom stereocenters. The zero-order valence-electron chi connectivity index (χ0n) is 11.7. The molecule has 2 aromatic rings. The van der Waals surface area contributed by atoms with Gasteiger partial charge in [-0.3, -0.25) is 9.59 Å². The highest BCUT2D eigenvalue weighted by molar-refractivity contribution is 6.31. The van der Waals surface area contributed by atoms with E-state index < -0.39 is 24.3 Å². The van der Waals surface area contributed by atoms with Gasteiger partial charge in [0.05, 0.1) is 11.4 Å². The van der Waals surface area contributed by atoms with Gasteiger partial charge in [0, 0.05) is 16.8 Å². The number of aromatic nitrogens is 1. The number of hydrogen-bond acceptors (Lipinski definition) is 4. The molecule has 23 heavy (non-hydrogen) atoms. The normalized spacial score (nSPS) is 10.2. The van der Waals surface area contributed by atoms with Gasteiger partial charge in [-0.2, -0.15) is 0 Å². The van der Waals surface area contributed by atoms with E-state index in [9.17, 15) is 14.0 Å². The van der Waals surface area contributed by atoms with Gasteiger partial charge < -0.3 is 10.1 Å². The molecule has 0 radical (unpaired) electrons. The number of esters is 1. The fourth-order valence-corrected chi connectivity index (χ4v) is 2.01. The average molecular weight is 357 g/mol. The first-order chi connectivity index (χ1) is 11.0. The molecular weight excluding hydrogens is 346 g/mol. The molecule has 0 aliphatic carbocycles. The summed E-state index contributed by atoms with van der Waals surface area (Å²) in [5.74, 6) is -1.68. The van der Waals surface area contributed by atoms with Gasteiger partial charge in [-0.1, -0.05) is 29.3 Å². The van der Waals surface area contributed by atoms with Crippen LogP contribution in [0.25, 0.3) is 0 Å². The van der Waals surface area contributed by atoms with Gasteiger partial charge in [-0.25, -0.2) is 9.37 Å². The lowest BCUT2D eigenvalue weighted by Crippen LogP contribution is -2.22. The lowest BCUT2D eigenvalue weighted by Gasteiger charge is -2.07. The van der Waals surface area contributed by atoms with Gasteiger partial charge in [0.1, 0.15) is 11.6 Å². The molecule has 0 aliphatic heterocycles. The van der Waals surface area contributed by atoms with Crippen LogP contribution in [-0.2, 0) is 20.7 Å². The molecule has 2 rings (SSSR count). The highest BCUT2D eigenvalue weighted by atomic mass is 35.5. The Labute approximate surface area is 141 Å². The third-order valence-electron chi connectivity index (χ3n) is 2.74. The van der Waals surface area contributed by atoms with E-state index in [0.717, 1.165) is 0 Å². The van der Waals surface area contributed by atoms with Crippen molar-refractivity contribution in [2.24, 2.45) is 0 Å². The summed E-state index contributed by atoms with van der Waals surface area (Å²) in [6.07, 6.45) is 1.00. The Morgan fingerprint density at radius 1 is 1.22 bits per heavy atom. The van der Waals surface area contributed by atoms with Crippen molar-refractivity contribution in [2.45, 2.75) is 6.42 Å². The lowest BCUT2D eigenvalue weighted by atomic mass is 10.1. The first kappa shape index (κ1) is 17.2. The van der Waals surface area contributed by atoms with Crippen LogP contribution in [-0.4, -0.2) is 23.5 Å². The van der Waals surface area contributed by atoms with E-state index in [1.807, 2.05) is 0 Å². The maximum atomic E-state index is 13.5. The van der Waals surface area contributed by atoms with Crippen molar-refractivity contribution in [3.05, 3.63) is 58.0 Å². The topological polar surface area (TPSA) is 68.3 Å². The van der Waals surface area contributed by atoms with Crippen LogP contribution < -0.4 is 5.32 Å².